The second-order valence-corrected chi connectivity index (χ2v) is 10.1. The van der Waals surface area contributed by atoms with Crippen LogP contribution in [0.4, 0.5) is 17.6 Å². The Morgan fingerprint density at radius 3 is 2.56 bits per heavy atom. The molecule has 5 atom stereocenters. The van der Waals surface area contributed by atoms with E-state index in [0.29, 0.717) is 12.0 Å². The van der Waals surface area contributed by atoms with Gasteiger partial charge in [-0.3, -0.25) is 19.8 Å². The number of rotatable bonds is 7. The number of benzene rings is 2. The number of nitrogens with one attached hydrogen (secondary N) is 3. The highest BCUT2D eigenvalue weighted by Crippen LogP contribution is 2.42. The van der Waals surface area contributed by atoms with Gasteiger partial charge < -0.3 is 15.0 Å². The van der Waals surface area contributed by atoms with E-state index in [1.807, 2.05) is 6.92 Å². The molecule has 2 aliphatic rings. The molecule has 0 radical (unpaired) electrons. The summed E-state index contributed by atoms with van der Waals surface area (Å²) in [7, 11) is 0. The quantitative estimate of drug-likeness (QED) is 0.458. The minimum absolute atomic E-state index is 0.00236. The van der Waals surface area contributed by atoms with E-state index in [9.17, 15) is 31.9 Å². The summed E-state index contributed by atoms with van der Waals surface area (Å²) in [6.45, 7) is 3.88. The Morgan fingerprint density at radius 2 is 1.90 bits per heavy atom. The molecule has 0 saturated carbocycles. The Kier molecular flexibility index (Phi) is 8.15. The third kappa shape index (κ3) is 6.32. The molecular weight excluding hydrogens is 520 g/mol. The van der Waals surface area contributed by atoms with Crippen molar-refractivity contribution in [2.75, 3.05) is 0 Å². The van der Waals surface area contributed by atoms with Crippen molar-refractivity contribution >= 4 is 17.7 Å². The number of amides is 3. The maximum atomic E-state index is 14.7. The Balaban J connectivity index is 1.48. The number of carbonyl (C=O) groups excluding carboxylic acids is 3. The molecule has 3 N–H and O–H groups in total. The molecule has 0 spiro atoms. The number of carbonyl (C=O) groups is 3. The standard InChI is InChI=1S/C27H30F4N4O4/c1-14-11-22(25(37)34-33-14)39-21-9-7-17(13-19(21)29)24(36)32-15(2)26(38)35-20(8-10-23(35)27(3,30)31)16-5-4-6-18(28)12-16/h4-7,9,12-15,20,22-23,33H,8,10-11H2,1-3H3,(H,32,36)(H,34,37)/t14?,15-,20+,22?,23-/m1/s1. The summed E-state index contributed by atoms with van der Waals surface area (Å²) in [5.41, 5.74) is 5.42. The third-order valence-corrected chi connectivity index (χ3v) is 6.94. The first kappa shape index (κ1) is 28.3. The Morgan fingerprint density at radius 1 is 1.15 bits per heavy atom. The van der Waals surface area contributed by atoms with Crippen molar-refractivity contribution < 1.29 is 36.7 Å². The van der Waals surface area contributed by atoms with Crippen LogP contribution in [0.3, 0.4) is 0 Å². The first-order valence-electron chi connectivity index (χ1n) is 12.6. The van der Waals surface area contributed by atoms with Crippen LogP contribution >= 0.6 is 0 Å². The summed E-state index contributed by atoms with van der Waals surface area (Å²) in [6, 6.07) is 5.21. The van der Waals surface area contributed by atoms with E-state index in [0.717, 1.165) is 17.9 Å². The Hall–Kier alpha value is -3.67. The number of alkyl halides is 2. The van der Waals surface area contributed by atoms with Crippen LogP contribution in [-0.4, -0.2) is 52.8 Å². The van der Waals surface area contributed by atoms with Gasteiger partial charge in [-0.15, -0.1) is 0 Å². The SMILES string of the molecule is CC1CC(Oc2ccc(C(=O)N[C@H](C)C(=O)N3[C@H](c4cccc(F)c4)CC[C@@H]3C(C)(F)F)cc2F)C(=O)NN1. The van der Waals surface area contributed by atoms with Crippen molar-refractivity contribution in [2.45, 2.75) is 76.2 Å². The van der Waals surface area contributed by atoms with E-state index in [-0.39, 0.29) is 30.2 Å². The van der Waals surface area contributed by atoms with Gasteiger partial charge in [0.15, 0.2) is 17.7 Å². The fourth-order valence-electron chi connectivity index (χ4n) is 4.98. The zero-order valence-electron chi connectivity index (χ0n) is 21.6. The number of hydrogen-bond donors (Lipinski definition) is 3. The number of ether oxygens (including phenoxy) is 1. The van der Waals surface area contributed by atoms with Gasteiger partial charge in [0.05, 0.1) is 12.1 Å². The average Bonchev–Trinajstić information content (AvgIpc) is 3.33. The van der Waals surface area contributed by atoms with Gasteiger partial charge in [0, 0.05) is 24.9 Å². The highest BCUT2D eigenvalue weighted by molar-refractivity contribution is 5.97. The smallest absolute Gasteiger partial charge is 0.275 e. The van der Waals surface area contributed by atoms with Crippen LogP contribution in [0.2, 0.25) is 0 Å². The molecule has 0 bridgehead atoms. The van der Waals surface area contributed by atoms with E-state index < -0.39 is 59.5 Å². The lowest BCUT2D eigenvalue weighted by Gasteiger charge is -2.35. The molecule has 2 saturated heterocycles. The molecule has 8 nitrogen and oxygen atoms in total. The number of likely N-dealkylation sites (tertiary alicyclic amines) is 1. The average molecular weight is 551 g/mol. The highest BCUT2D eigenvalue weighted by Gasteiger charge is 2.49. The highest BCUT2D eigenvalue weighted by atomic mass is 19.3. The van der Waals surface area contributed by atoms with Gasteiger partial charge in [-0.25, -0.2) is 23.0 Å². The number of hydrazine groups is 1. The molecule has 2 unspecified atom stereocenters. The van der Waals surface area contributed by atoms with E-state index >= 15 is 0 Å². The van der Waals surface area contributed by atoms with Crippen LogP contribution in [0.1, 0.15) is 62.0 Å². The van der Waals surface area contributed by atoms with Crippen molar-refractivity contribution in [3.05, 3.63) is 65.2 Å². The lowest BCUT2D eigenvalue weighted by atomic mass is 10.0. The second-order valence-electron chi connectivity index (χ2n) is 10.1. The zero-order chi connectivity index (χ0) is 28.5. The van der Waals surface area contributed by atoms with Crippen molar-refractivity contribution in [1.29, 1.82) is 0 Å². The van der Waals surface area contributed by atoms with Gasteiger partial charge in [-0.05, 0) is 62.6 Å². The van der Waals surface area contributed by atoms with Gasteiger partial charge in [0.25, 0.3) is 17.7 Å². The molecule has 210 valence electrons. The van der Waals surface area contributed by atoms with E-state index in [1.165, 1.54) is 37.3 Å². The van der Waals surface area contributed by atoms with E-state index in [1.54, 1.807) is 6.07 Å². The first-order valence-corrected chi connectivity index (χ1v) is 12.6. The van der Waals surface area contributed by atoms with Crippen molar-refractivity contribution in [2.24, 2.45) is 0 Å². The third-order valence-electron chi connectivity index (χ3n) is 6.94. The molecule has 2 aromatic rings. The van der Waals surface area contributed by atoms with Gasteiger partial charge in [0.2, 0.25) is 5.91 Å². The van der Waals surface area contributed by atoms with Gasteiger partial charge >= 0.3 is 0 Å². The van der Waals surface area contributed by atoms with Crippen LogP contribution in [0.5, 0.6) is 5.75 Å². The van der Waals surface area contributed by atoms with Crippen LogP contribution in [0.25, 0.3) is 0 Å². The van der Waals surface area contributed by atoms with Gasteiger partial charge in [0.1, 0.15) is 11.9 Å². The van der Waals surface area contributed by atoms with Gasteiger partial charge in [-0.2, -0.15) is 0 Å². The predicted octanol–water partition coefficient (Wildman–Crippen LogP) is 3.63. The summed E-state index contributed by atoms with van der Waals surface area (Å²) in [6.07, 6.45) is -0.427. The zero-order valence-corrected chi connectivity index (χ0v) is 21.6. The minimum atomic E-state index is -3.23. The number of hydrogen-bond acceptors (Lipinski definition) is 5. The van der Waals surface area contributed by atoms with Crippen LogP contribution in [0, 0.1) is 11.6 Å². The molecular formula is C27H30F4N4O4. The molecule has 2 heterocycles. The summed E-state index contributed by atoms with van der Waals surface area (Å²) in [4.78, 5) is 39.2. The fraction of sp³-hybridized carbons (Fsp3) is 0.444. The minimum Gasteiger partial charge on any atom is -0.477 e. The Labute approximate surface area is 223 Å². The molecule has 0 aliphatic carbocycles. The Bertz CT molecular complexity index is 1250. The molecule has 0 aromatic heterocycles. The predicted molar refractivity (Wildman–Crippen MR) is 133 cm³/mol. The fourth-order valence-corrected chi connectivity index (χ4v) is 4.98. The van der Waals surface area contributed by atoms with Crippen molar-refractivity contribution in [3.63, 3.8) is 0 Å². The summed E-state index contributed by atoms with van der Waals surface area (Å²) < 4.78 is 63.0. The van der Waals surface area contributed by atoms with Crippen LogP contribution in [0.15, 0.2) is 42.5 Å². The lowest BCUT2D eigenvalue weighted by Crippen LogP contribution is -2.56. The normalized spacial score (nSPS) is 24.2. The maximum absolute atomic E-state index is 14.7. The summed E-state index contributed by atoms with van der Waals surface area (Å²) in [5.74, 6) is -6.95. The number of nitrogens with zero attached hydrogens (tertiary/aromatic N) is 1. The molecule has 3 amide bonds. The topological polar surface area (TPSA) is 99.8 Å². The summed E-state index contributed by atoms with van der Waals surface area (Å²) in [5, 5.41) is 2.44. The first-order chi connectivity index (χ1) is 18.3. The van der Waals surface area contributed by atoms with Crippen molar-refractivity contribution in [3.8, 4) is 5.75 Å². The molecule has 39 heavy (non-hydrogen) atoms. The molecule has 2 aromatic carbocycles. The molecule has 2 aliphatic heterocycles. The number of halogens is 4. The van der Waals surface area contributed by atoms with E-state index in [2.05, 4.69) is 16.2 Å². The van der Waals surface area contributed by atoms with Crippen LogP contribution < -0.4 is 20.9 Å². The van der Waals surface area contributed by atoms with Crippen LogP contribution in [-0.2, 0) is 9.59 Å². The molecule has 4 rings (SSSR count). The molecule has 2 fully saturated rings. The maximum Gasteiger partial charge on any atom is 0.275 e. The largest absolute Gasteiger partial charge is 0.477 e. The summed E-state index contributed by atoms with van der Waals surface area (Å²) >= 11 is 0. The van der Waals surface area contributed by atoms with Crippen molar-refractivity contribution in [1.82, 2.24) is 21.1 Å². The second kappa shape index (κ2) is 11.2. The monoisotopic (exact) mass is 550 g/mol. The molecule has 12 heteroatoms. The lowest BCUT2D eigenvalue weighted by molar-refractivity contribution is -0.144. The van der Waals surface area contributed by atoms with Gasteiger partial charge in [-0.1, -0.05) is 12.1 Å². The van der Waals surface area contributed by atoms with E-state index in [4.69, 9.17) is 4.74 Å².